The zero-order chi connectivity index (χ0) is 31.5. The SMILES string of the molecule is CNC(=O)c1c(-c2ccc(F)cc2)oc2cc(N(C)S(C)(=O)=C3CC3)c(-c3cnc(SC)c(-c4cc5ncccc5s4)c3)cc12. The van der Waals surface area contributed by atoms with Crippen LogP contribution in [0.1, 0.15) is 23.2 Å². The molecule has 1 fully saturated rings. The van der Waals surface area contributed by atoms with Crippen LogP contribution in [-0.2, 0) is 9.71 Å². The number of fused-ring (bicyclic) bond motifs is 2. The van der Waals surface area contributed by atoms with Gasteiger partial charge >= 0.3 is 0 Å². The second kappa shape index (κ2) is 11.3. The molecule has 4 heterocycles. The van der Waals surface area contributed by atoms with E-state index >= 15 is 0 Å². The number of furan rings is 1. The summed E-state index contributed by atoms with van der Waals surface area (Å²) in [6.07, 6.45) is 9.05. The summed E-state index contributed by atoms with van der Waals surface area (Å²) in [6.45, 7) is 0. The summed E-state index contributed by atoms with van der Waals surface area (Å²) < 4.78 is 37.1. The maximum absolute atomic E-state index is 14.1. The molecular weight excluding hydrogens is 628 g/mol. The Kier molecular flexibility index (Phi) is 7.42. The summed E-state index contributed by atoms with van der Waals surface area (Å²) in [5, 5.41) is 4.20. The van der Waals surface area contributed by atoms with E-state index in [0.717, 1.165) is 54.5 Å². The van der Waals surface area contributed by atoms with E-state index < -0.39 is 9.71 Å². The molecule has 0 spiro atoms. The molecule has 11 heteroatoms. The molecule has 0 radical (unpaired) electrons. The standard InChI is InChI=1S/C34H29FN4O3S3/c1-36-33(40)31-24-15-23(20-14-25(34(43-3)38-18-20)30-16-26-29(44-30)6-5-13-37-26)27(39(2)45(4,41)22-11-12-22)17-28(24)42-32(31)19-7-9-21(35)10-8-19/h5-10,13-18H,11-12H2,1-4H3,(H,36,40). The average molecular weight is 657 g/mol. The van der Waals surface area contributed by atoms with Gasteiger partial charge in [-0.25, -0.2) is 13.6 Å². The lowest BCUT2D eigenvalue weighted by molar-refractivity contribution is 0.0964. The summed E-state index contributed by atoms with van der Waals surface area (Å²) in [5.74, 6) is -0.384. The van der Waals surface area contributed by atoms with Gasteiger partial charge in [-0.2, -0.15) is 0 Å². The average Bonchev–Trinajstić information content (AvgIpc) is 3.74. The first-order valence-corrected chi connectivity index (χ1v) is 18.2. The van der Waals surface area contributed by atoms with Crippen molar-refractivity contribution in [2.45, 2.75) is 17.9 Å². The number of rotatable bonds is 7. The summed E-state index contributed by atoms with van der Waals surface area (Å²) in [7, 11) is 0.917. The van der Waals surface area contributed by atoms with Crippen LogP contribution in [0.3, 0.4) is 0 Å². The van der Waals surface area contributed by atoms with Crippen molar-refractivity contribution in [2.24, 2.45) is 0 Å². The number of hydrogen-bond donors (Lipinski definition) is 1. The third kappa shape index (κ3) is 5.18. The molecule has 1 atom stereocenters. The van der Waals surface area contributed by atoms with Gasteiger partial charge < -0.3 is 14.0 Å². The van der Waals surface area contributed by atoms with Crippen molar-refractivity contribution in [3.8, 4) is 32.9 Å². The normalized spacial score (nSPS) is 14.1. The lowest BCUT2D eigenvalue weighted by Gasteiger charge is -2.25. The van der Waals surface area contributed by atoms with Gasteiger partial charge in [0, 0.05) is 76.2 Å². The van der Waals surface area contributed by atoms with Crippen LogP contribution in [0.2, 0.25) is 0 Å². The van der Waals surface area contributed by atoms with Gasteiger partial charge in [0.25, 0.3) is 5.91 Å². The van der Waals surface area contributed by atoms with Gasteiger partial charge in [0.2, 0.25) is 0 Å². The van der Waals surface area contributed by atoms with Crippen molar-refractivity contribution in [3.63, 3.8) is 0 Å². The van der Waals surface area contributed by atoms with Gasteiger partial charge in [-0.05, 0) is 73.7 Å². The molecule has 2 aromatic carbocycles. The van der Waals surface area contributed by atoms with Crippen molar-refractivity contribution in [1.82, 2.24) is 15.3 Å². The maximum atomic E-state index is 14.1. The lowest BCUT2D eigenvalue weighted by Crippen LogP contribution is -2.27. The van der Waals surface area contributed by atoms with E-state index in [-0.39, 0.29) is 11.7 Å². The number of hydrogen-bond acceptors (Lipinski definition) is 7. The molecule has 0 aliphatic heterocycles. The zero-order valence-electron chi connectivity index (χ0n) is 25.0. The minimum Gasteiger partial charge on any atom is -0.455 e. The van der Waals surface area contributed by atoms with E-state index in [4.69, 9.17) is 9.40 Å². The van der Waals surface area contributed by atoms with Crippen molar-refractivity contribution in [1.29, 1.82) is 0 Å². The highest BCUT2D eigenvalue weighted by Crippen LogP contribution is 2.44. The predicted molar refractivity (Wildman–Crippen MR) is 185 cm³/mol. The van der Waals surface area contributed by atoms with Crippen molar-refractivity contribution in [3.05, 3.63) is 84.4 Å². The molecule has 45 heavy (non-hydrogen) atoms. The number of amides is 1. The second-order valence-corrected chi connectivity index (χ2v) is 15.5. The van der Waals surface area contributed by atoms with E-state index in [1.807, 2.05) is 42.0 Å². The molecule has 0 saturated heterocycles. The van der Waals surface area contributed by atoms with Gasteiger partial charge in [0.1, 0.15) is 22.2 Å². The number of benzene rings is 2. The number of pyridine rings is 2. The monoisotopic (exact) mass is 656 g/mol. The molecule has 1 unspecified atom stereocenters. The molecule has 1 aliphatic rings. The van der Waals surface area contributed by atoms with Gasteiger partial charge in [-0.1, -0.05) is 0 Å². The Balaban J connectivity index is 1.50. The fourth-order valence-corrected chi connectivity index (χ4v) is 8.95. The number of aromatic nitrogens is 2. The Morgan fingerprint density at radius 1 is 1.07 bits per heavy atom. The third-order valence-corrected chi connectivity index (χ3v) is 12.7. The fraction of sp³-hybridized carbons (Fsp3) is 0.176. The minimum absolute atomic E-state index is 0.331. The number of thiophene rings is 1. The minimum atomic E-state index is -2.49. The smallest absolute Gasteiger partial charge is 0.255 e. The van der Waals surface area contributed by atoms with Gasteiger partial charge in [-0.15, -0.1) is 23.1 Å². The largest absolute Gasteiger partial charge is 0.455 e. The van der Waals surface area contributed by atoms with E-state index in [1.54, 1.807) is 54.7 Å². The van der Waals surface area contributed by atoms with Crippen LogP contribution in [-0.4, -0.2) is 51.6 Å². The number of halogens is 1. The highest BCUT2D eigenvalue weighted by atomic mass is 32.2. The molecule has 1 saturated carbocycles. The van der Waals surface area contributed by atoms with Crippen molar-refractivity contribution in [2.75, 3.05) is 30.9 Å². The first-order valence-electron chi connectivity index (χ1n) is 14.2. The molecule has 4 aromatic heterocycles. The summed E-state index contributed by atoms with van der Waals surface area (Å²) in [5.41, 5.74) is 5.52. The number of nitrogens with zero attached hydrogens (tertiary/aromatic N) is 3. The van der Waals surface area contributed by atoms with Crippen LogP contribution >= 0.6 is 23.1 Å². The van der Waals surface area contributed by atoms with E-state index in [1.165, 1.54) is 12.1 Å². The molecule has 1 N–H and O–H groups in total. The van der Waals surface area contributed by atoms with E-state index in [2.05, 4.69) is 28.5 Å². The number of anilines is 1. The summed E-state index contributed by atoms with van der Waals surface area (Å²) in [4.78, 5) is 24.8. The zero-order valence-corrected chi connectivity index (χ0v) is 27.5. The quantitative estimate of drug-likeness (QED) is 0.139. The molecule has 0 bridgehead atoms. The number of thioether (sulfide) groups is 1. The van der Waals surface area contributed by atoms with Crippen LogP contribution in [0.4, 0.5) is 10.1 Å². The van der Waals surface area contributed by atoms with Crippen LogP contribution < -0.4 is 9.62 Å². The van der Waals surface area contributed by atoms with E-state index in [9.17, 15) is 13.4 Å². The molecule has 228 valence electrons. The highest BCUT2D eigenvalue weighted by Gasteiger charge is 2.29. The molecule has 6 aromatic rings. The number of carbonyl (C=O) groups is 1. The van der Waals surface area contributed by atoms with E-state index in [0.29, 0.717) is 33.5 Å². The number of carbonyl (C=O) groups excluding carboxylic acids is 1. The molecule has 1 amide bonds. The van der Waals surface area contributed by atoms with Crippen LogP contribution in [0.15, 0.2) is 82.5 Å². The Morgan fingerprint density at radius 3 is 2.53 bits per heavy atom. The lowest BCUT2D eigenvalue weighted by atomic mass is 9.98. The second-order valence-electron chi connectivity index (χ2n) is 10.9. The number of nitrogens with one attached hydrogen (secondary N) is 1. The van der Waals surface area contributed by atoms with Crippen LogP contribution in [0, 0.1) is 5.82 Å². The molecular formula is C34H29FN4O3S3. The Hall–Kier alpha value is -4.19. The van der Waals surface area contributed by atoms with Crippen LogP contribution in [0.25, 0.3) is 54.1 Å². The Morgan fingerprint density at radius 2 is 1.84 bits per heavy atom. The first kappa shape index (κ1) is 29.5. The molecule has 7 nitrogen and oxygen atoms in total. The Labute approximate surface area is 268 Å². The fourth-order valence-electron chi connectivity index (χ4n) is 5.53. The van der Waals surface area contributed by atoms with Gasteiger partial charge in [0.15, 0.2) is 0 Å². The van der Waals surface area contributed by atoms with Crippen molar-refractivity contribution < 1.29 is 17.8 Å². The molecule has 1 aliphatic carbocycles. The van der Waals surface area contributed by atoms with Gasteiger partial charge in [0.05, 0.1) is 31.2 Å². The Bertz CT molecular complexity index is 2230. The van der Waals surface area contributed by atoms with Crippen LogP contribution in [0.5, 0.6) is 0 Å². The van der Waals surface area contributed by atoms with Crippen molar-refractivity contribution >= 4 is 70.5 Å². The topological polar surface area (TPSA) is 88.3 Å². The first-order chi connectivity index (χ1) is 21.7. The molecule has 7 rings (SSSR count). The third-order valence-electron chi connectivity index (χ3n) is 8.13. The maximum Gasteiger partial charge on any atom is 0.255 e. The summed E-state index contributed by atoms with van der Waals surface area (Å²) >= 11 is 3.22. The summed E-state index contributed by atoms with van der Waals surface area (Å²) in [6, 6.07) is 17.8. The predicted octanol–water partition coefficient (Wildman–Crippen LogP) is 7.89. The van der Waals surface area contributed by atoms with Gasteiger partial charge in [-0.3, -0.25) is 9.78 Å². The highest BCUT2D eigenvalue weighted by molar-refractivity contribution is 8.03.